The van der Waals surface area contributed by atoms with Crippen molar-refractivity contribution in [2.75, 3.05) is 5.73 Å². The highest BCUT2D eigenvalue weighted by Crippen LogP contribution is 2.35. The smallest absolute Gasteiger partial charge is 0.268 e. The molecular formula is C28H35N9O2. The third kappa shape index (κ3) is 5.27. The maximum atomic E-state index is 13.9. The molecule has 0 radical (unpaired) electrons. The highest BCUT2D eigenvalue weighted by molar-refractivity contribution is 6.09. The first-order valence-corrected chi connectivity index (χ1v) is 12.6. The van der Waals surface area contributed by atoms with Crippen molar-refractivity contribution in [3.8, 4) is 11.1 Å². The fourth-order valence-electron chi connectivity index (χ4n) is 4.98. The minimum atomic E-state index is -0.788. The van der Waals surface area contributed by atoms with Crippen LogP contribution < -0.4 is 28.7 Å². The van der Waals surface area contributed by atoms with Gasteiger partial charge in [-0.3, -0.25) is 14.6 Å². The van der Waals surface area contributed by atoms with E-state index in [2.05, 4.69) is 33.7 Å². The monoisotopic (exact) mass is 529 g/mol. The summed E-state index contributed by atoms with van der Waals surface area (Å²) in [6.07, 6.45) is 1.24. The van der Waals surface area contributed by atoms with Crippen molar-refractivity contribution in [3.63, 3.8) is 0 Å². The van der Waals surface area contributed by atoms with Crippen LogP contribution in [0.4, 0.5) is 5.69 Å². The van der Waals surface area contributed by atoms with Crippen LogP contribution in [0.15, 0.2) is 57.7 Å². The van der Waals surface area contributed by atoms with Crippen LogP contribution in [0.5, 0.6) is 0 Å². The minimum absolute atomic E-state index is 0.0365. The molecule has 0 aliphatic heterocycles. The van der Waals surface area contributed by atoms with Gasteiger partial charge in [-0.05, 0) is 81.1 Å². The first-order valence-electron chi connectivity index (χ1n) is 12.6. The normalized spacial score (nSPS) is 12.5. The van der Waals surface area contributed by atoms with Crippen molar-refractivity contribution >= 4 is 22.5 Å². The summed E-state index contributed by atoms with van der Waals surface area (Å²) in [7, 11) is 0. The van der Waals surface area contributed by atoms with Gasteiger partial charge < -0.3 is 26.9 Å². The summed E-state index contributed by atoms with van der Waals surface area (Å²) in [6.45, 7) is 9.72. The second kappa shape index (κ2) is 10.7. The molecule has 9 N–H and O–H groups in total. The van der Waals surface area contributed by atoms with Crippen LogP contribution >= 0.6 is 0 Å². The number of hydrazine groups is 1. The molecule has 0 saturated heterocycles. The van der Waals surface area contributed by atoms with E-state index in [9.17, 15) is 9.59 Å². The molecule has 0 aliphatic carbocycles. The number of aryl methyl sites for hydroxylation is 3. The van der Waals surface area contributed by atoms with Crippen molar-refractivity contribution in [2.24, 2.45) is 27.8 Å². The Morgan fingerprint density at radius 1 is 1.08 bits per heavy atom. The number of hydrogen-bond donors (Lipinski definition) is 5. The van der Waals surface area contributed by atoms with E-state index >= 15 is 0 Å². The zero-order valence-corrected chi connectivity index (χ0v) is 22.8. The number of pyridine rings is 1. The lowest BCUT2D eigenvalue weighted by molar-refractivity contribution is 0.0744. The summed E-state index contributed by atoms with van der Waals surface area (Å²) < 4.78 is 2.12. The Kier molecular flexibility index (Phi) is 7.57. The Hall–Kier alpha value is -4.48. The molecule has 204 valence electrons. The van der Waals surface area contributed by atoms with Gasteiger partial charge in [0.2, 0.25) is 0 Å². The van der Waals surface area contributed by atoms with E-state index < -0.39 is 12.1 Å². The number of nitrogen functional groups attached to an aromatic ring is 1. The van der Waals surface area contributed by atoms with Crippen molar-refractivity contribution in [3.05, 3.63) is 86.5 Å². The van der Waals surface area contributed by atoms with Gasteiger partial charge in [0, 0.05) is 45.6 Å². The summed E-state index contributed by atoms with van der Waals surface area (Å²) in [5, 5.41) is 8.90. The number of hydrogen-bond acceptors (Lipinski definition) is 7. The number of aromatic nitrogens is 2. The first-order chi connectivity index (χ1) is 18.4. The Morgan fingerprint density at radius 3 is 2.41 bits per heavy atom. The molecule has 4 rings (SSSR count). The zero-order valence-electron chi connectivity index (χ0n) is 22.8. The summed E-state index contributed by atoms with van der Waals surface area (Å²) in [4.78, 5) is 29.2. The summed E-state index contributed by atoms with van der Waals surface area (Å²) in [5.41, 5.74) is 18.8. The van der Waals surface area contributed by atoms with Gasteiger partial charge in [0.1, 0.15) is 6.17 Å². The number of H-pyrrole nitrogens is 1. The van der Waals surface area contributed by atoms with Crippen LogP contribution in [0.25, 0.3) is 22.0 Å². The quantitative estimate of drug-likeness (QED) is 0.0794. The zero-order chi connectivity index (χ0) is 28.6. The van der Waals surface area contributed by atoms with Crippen molar-refractivity contribution in [1.82, 2.24) is 14.6 Å². The van der Waals surface area contributed by atoms with Crippen molar-refractivity contribution in [1.29, 1.82) is 0 Å². The Labute approximate surface area is 226 Å². The van der Waals surface area contributed by atoms with Gasteiger partial charge in [0.25, 0.3) is 11.5 Å². The van der Waals surface area contributed by atoms with E-state index in [1.165, 1.54) is 0 Å². The Morgan fingerprint density at radius 2 is 1.79 bits per heavy atom. The van der Waals surface area contributed by atoms with Crippen LogP contribution in [-0.4, -0.2) is 20.5 Å². The lowest BCUT2D eigenvalue weighted by Crippen LogP contribution is -2.39. The molecule has 0 fully saturated rings. The van der Waals surface area contributed by atoms with Gasteiger partial charge in [-0.1, -0.05) is 17.4 Å². The standard InChI is InChI=1S/C28H35N9O2/c1-14(2)36-12-16(4)25-21(28(39)37(32)13-22-15(3)8-17(5)33-27(22)38)9-19(11-24(25)36)18-6-7-20(23(29)10-18)26(30)34-35-31/h6-12,14,26H,13,29-30,32H2,1-5H3,(H2,31,34)(H,33,38). The molecule has 0 saturated carbocycles. The third-order valence-corrected chi connectivity index (χ3v) is 6.92. The number of nitrogens with two attached hydrogens (primary N) is 4. The van der Waals surface area contributed by atoms with Crippen LogP contribution in [0.3, 0.4) is 0 Å². The van der Waals surface area contributed by atoms with Gasteiger partial charge in [-0.2, -0.15) is 0 Å². The van der Waals surface area contributed by atoms with Crippen molar-refractivity contribution < 1.29 is 4.79 Å². The van der Waals surface area contributed by atoms with Gasteiger partial charge >= 0.3 is 0 Å². The molecule has 1 atom stereocenters. The molecule has 2 aromatic heterocycles. The Balaban J connectivity index is 1.85. The van der Waals surface area contributed by atoms with E-state index in [0.29, 0.717) is 22.4 Å². The van der Waals surface area contributed by atoms with E-state index in [4.69, 9.17) is 23.2 Å². The van der Waals surface area contributed by atoms with Crippen LogP contribution in [0.1, 0.15) is 64.4 Å². The van der Waals surface area contributed by atoms with Gasteiger partial charge in [-0.15, -0.1) is 5.11 Å². The average Bonchev–Trinajstić information content (AvgIpc) is 3.21. The summed E-state index contributed by atoms with van der Waals surface area (Å²) in [5.74, 6) is 11.1. The number of rotatable bonds is 7. The number of nitrogens with one attached hydrogen (secondary N) is 1. The Bertz CT molecular complexity index is 1650. The largest absolute Gasteiger partial charge is 0.398 e. The summed E-state index contributed by atoms with van der Waals surface area (Å²) >= 11 is 0. The molecular weight excluding hydrogens is 494 g/mol. The molecule has 2 heterocycles. The number of anilines is 1. The number of aromatic amines is 1. The number of fused-ring (bicyclic) bond motifs is 1. The fraction of sp³-hybridized carbons (Fsp3) is 0.286. The number of benzene rings is 2. The van der Waals surface area contributed by atoms with E-state index in [0.717, 1.165) is 43.9 Å². The lowest BCUT2D eigenvalue weighted by atomic mass is 9.96. The highest BCUT2D eigenvalue weighted by Gasteiger charge is 2.23. The predicted octanol–water partition coefficient (Wildman–Crippen LogP) is 3.88. The molecule has 0 spiro atoms. The number of nitrogens with zero attached hydrogens (tertiary/aromatic N) is 4. The lowest BCUT2D eigenvalue weighted by Gasteiger charge is -2.20. The van der Waals surface area contributed by atoms with Crippen molar-refractivity contribution in [2.45, 2.75) is 53.4 Å². The van der Waals surface area contributed by atoms with Crippen LogP contribution in [0, 0.1) is 20.8 Å². The second-order valence-corrected chi connectivity index (χ2v) is 10.1. The molecule has 11 nitrogen and oxygen atoms in total. The maximum Gasteiger partial charge on any atom is 0.268 e. The second-order valence-electron chi connectivity index (χ2n) is 10.1. The highest BCUT2D eigenvalue weighted by atomic mass is 16.2. The molecule has 39 heavy (non-hydrogen) atoms. The number of carbonyl (C=O) groups is 1. The van der Waals surface area contributed by atoms with E-state index in [1.54, 1.807) is 12.1 Å². The topological polar surface area (TPSA) is 187 Å². The molecule has 0 bridgehead atoms. The average molecular weight is 530 g/mol. The number of amides is 1. The predicted molar refractivity (Wildman–Crippen MR) is 153 cm³/mol. The van der Waals surface area contributed by atoms with Crippen LogP contribution in [0.2, 0.25) is 0 Å². The molecule has 0 aliphatic rings. The summed E-state index contributed by atoms with van der Waals surface area (Å²) in [6, 6.07) is 11.2. The fourth-order valence-corrected chi connectivity index (χ4v) is 4.98. The molecule has 11 heteroatoms. The van der Waals surface area contributed by atoms with E-state index in [-0.39, 0.29) is 18.1 Å². The van der Waals surface area contributed by atoms with E-state index in [1.807, 2.05) is 51.2 Å². The SMILES string of the molecule is Cc1cc(C)c(CN(N)C(=O)c2cc(-c3ccc(C(N)N=NN)c(N)c3)cc3c2c(C)cn3C(C)C)c(=O)[nH]1. The first kappa shape index (κ1) is 27.6. The molecule has 1 amide bonds. The maximum absolute atomic E-state index is 13.9. The number of carbonyl (C=O) groups excluding carboxylic acids is 1. The third-order valence-electron chi connectivity index (χ3n) is 6.92. The minimum Gasteiger partial charge on any atom is -0.398 e. The van der Waals surface area contributed by atoms with Crippen LogP contribution in [-0.2, 0) is 6.54 Å². The van der Waals surface area contributed by atoms with Gasteiger partial charge in [-0.25, -0.2) is 5.84 Å². The molecule has 4 aromatic rings. The van der Waals surface area contributed by atoms with Gasteiger partial charge in [0.05, 0.1) is 12.1 Å². The molecule has 2 aromatic carbocycles. The molecule has 1 unspecified atom stereocenters. The van der Waals surface area contributed by atoms with Gasteiger partial charge in [0.15, 0.2) is 0 Å².